The zero-order chi connectivity index (χ0) is 19.8. The number of aromatic nitrogens is 2. The number of halogens is 1. The van der Waals surface area contributed by atoms with Crippen LogP contribution in [0.3, 0.4) is 0 Å². The lowest BCUT2D eigenvalue weighted by Gasteiger charge is -2.31. The van der Waals surface area contributed by atoms with Gasteiger partial charge in [0.25, 0.3) is 0 Å². The predicted molar refractivity (Wildman–Crippen MR) is 114 cm³/mol. The number of likely N-dealkylation sites (tertiary alicyclic amines) is 1. The quantitative estimate of drug-likeness (QED) is 0.597. The summed E-state index contributed by atoms with van der Waals surface area (Å²) in [7, 11) is 0. The van der Waals surface area contributed by atoms with E-state index in [-0.39, 0.29) is 5.97 Å². The molecule has 1 aromatic heterocycles. The number of ether oxygens (including phenoxy) is 1. The average Bonchev–Trinajstić information content (AvgIpc) is 2.68. The Labute approximate surface area is 174 Å². The maximum atomic E-state index is 11.6. The van der Waals surface area contributed by atoms with E-state index in [2.05, 4.69) is 41.4 Å². The van der Waals surface area contributed by atoms with Crippen LogP contribution in [-0.2, 0) is 9.53 Å². The third-order valence-electron chi connectivity index (χ3n) is 4.70. The zero-order valence-electron chi connectivity index (χ0n) is 16.0. The minimum absolute atomic E-state index is 0.134. The third kappa shape index (κ3) is 6.45. The minimum Gasteiger partial charge on any atom is -0.465 e. The number of benzene rings is 1. The second-order valence-corrected chi connectivity index (χ2v) is 7.74. The van der Waals surface area contributed by atoms with Crippen LogP contribution in [-0.4, -0.2) is 53.6 Å². The highest BCUT2D eigenvalue weighted by atomic mass is 79.9. The van der Waals surface area contributed by atoms with Crippen LogP contribution in [0.25, 0.3) is 0 Å². The highest BCUT2D eigenvalue weighted by Gasteiger charge is 2.21. The molecule has 8 heteroatoms. The fourth-order valence-corrected chi connectivity index (χ4v) is 3.62. The van der Waals surface area contributed by atoms with Crippen molar-refractivity contribution in [1.82, 2.24) is 14.9 Å². The summed E-state index contributed by atoms with van der Waals surface area (Å²) in [6.07, 6.45) is 3.67. The molecule has 0 aliphatic carbocycles. The summed E-state index contributed by atoms with van der Waals surface area (Å²) >= 11 is 3.47. The van der Waals surface area contributed by atoms with E-state index in [0.29, 0.717) is 19.1 Å². The molecule has 0 atom stereocenters. The van der Waals surface area contributed by atoms with Crippen molar-refractivity contribution in [3.05, 3.63) is 41.1 Å². The molecule has 0 radical (unpaired) electrons. The number of carbonyl (C=O) groups excluding carboxylic acids is 1. The number of hydrogen-bond acceptors (Lipinski definition) is 7. The molecule has 0 spiro atoms. The fraction of sp³-hybridized carbons (Fsp3) is 0.450. The van der Waals surface area contributed by atoms with E-state index in [0.717, 1.165) is 54.3 Å². The van der Waals surface area contributed by atoms with E-state index in [1.165, 1.54) is 0 Å². The largest absolute Gasteiger partial charge is 0.465 e. The highest BCUT2D eigenvalue weighted by molar-refractivity contribution is 9.10. The summed E-state index contributed by atoms with van der Waals surface area (Å²) in [5.41, 5.74) is 0.966. The van der Waals surface area contributed by atoms with Crippen LogP contribution in [0.5, 0.6) is 0 Å². The fourth-order valence-electron chi connectivity index (χ4n) is 3.22. The lowest BCUT2D eigenvalue weighted by Crippen LogP contribution is -2.39. The molecule has 1 aromatic carbocycles. The molecule has 0 saturated carbocycles. The number of carbonyl (C=O) groups is 1. The summed E-state index contributed by atoms with van der Waals surface area (Å²) in [6.45, 7) is 5.37. The van der Waals surface area contributed by atoms with Crippen molar-refractivity contribution in [2.75, 3.05) is 43.4 Å². The molecule has 2 aromatic rings. The molecule has 2 N–H and O–H groups in total. The van der Waals surface area contributed by atoms with Gasteiger partial charge in [-0.3, -0.25) is 9.69 Å². The molecule has 0 unspecified atom stereocenters. The van der Waals surface area contributed by atoms with Crippen LogP contribution in [0, 0.1) is 5.92 Å². The number of hydrogen-bond donors (Lipinski definition) is 2. The van der Waals surface area contributed by atoms with Gasteiger partial charge >= 0.3 is 5.97 Å². The average molecular weight is 448 g/mol. The van der Waals surface area contributed by atoms with Crippen molar-refractivity contribution in [2.45, 2.75) is 19.8 Å². The predicted octanol–water partition coefficient (Wildman–Crippen LogP) is 3.67. The van der Waals surface area contributed by atoms with Gasteiger partial charge in [0.05, 0.1) is 13.2 Å². The van der Waals surface area contributed by atoms with Crippen molar-refractivity contribution in [3.63, 3.8) is 0 Å². The molecule has 1 aliphatic rings. The molecular weight excluding hydrogens is 422 g/mol. The Kier molecular flexibility index (Phi) is 7.62. The Hall–Kier alpha value is -2.19. The number of nitrogens with one attached hydrogen (secondary N) is 2. The van der Waals surface area contributed by atoms with Gasteiger partial charge in [0, 0.05) is 22.8 Å². The molecule has 150 valence electrons. The molecule has 1 saturated heterocycles. The van der Waals surface area contributed by atoms with Crippen LogP contribution >= 0.6 is 15.9 Å². The summed E-state index contributed by atoms with van der Waals surface area (Å²) in [5.74, 6) is 1.99. The normalized spacial score (nSPS) is 15.2. The first-order chi connectivity index (χ1) is 13.6. The van der Waals surface area contributed by atoms with Crippen molar-refractivity contribution in [3.8, 4) is 0 Å². The molecule has 28 heavy (non-hydrogen) atoms. The van der Waals surface area contributed by atoms with Gasteiger partial charge in [-0.2, -0.15) is 0 Å². The van der Waals surface area contributed by atoms with E-state index < -0.39 is 0 Å². The summed E-state index contributed by atoms with van der Waals surface area (Å²) in [6, 6.07) is 9.86. The Balaban J connectivity index is 1.45. The van der Waals surface area contributed by atoms with Gasteiger partial charge in [0.15, 0.2) is 0 Å². The monoisotopic (exact) mass is 447 g/mol. The maximum Gasteiger partial charge on any atom is 0.320 e. The Morgan fingerprint density at radius 3 is 2.79 bits per heavy atom. The van der Waals surface area contributed by atoms with E-state index in [4.69, 9.17) is 4.74 Å². The molecule has 0 bridgehead atoms. The summed E-state index contributed by atoms with van der Waals surface area (Å²) < 4.78 is 6.03. The van der Waals surface area contributed by atoms with Crippen LogP contribution in [0.2, 0.25) is 0 Å². The van der Waals surface area contributed by atoms with Crippen LogP contribution in [0.4, 0.5) is 17.3 Å². The van der Waals surface area contributed by atoms with Crippen molar-refractivity contribution >= 4 is 39.2 Å². The zero-order valence-corrected chi connectivity index (χ0v) is 17.6. The molecule has 3 rings (SSSR count). The van der Waals surface area contributed by atoms with Gasteiger partial charge in [0.1, 0.15) is 18.0 Å². The smallest absolute Gasteiger partial charge is 0.320 e. The van der Waals surface area contributed by atoms with Crippen molar-refractivity contribution in [2.24, 2.45) is 5.92 Å². The summed E-state index contributed by atoms with van der Waals surface area (Å²) in [5, 5.41) is 6.70. The Bertz CT molecular complexity index is 781. The van der Waals surface area contributed by atoms with Gasteiger partial charge in [-0.05, 0) is 57.0 Å². The van der Waals surface area contributed by atoms with Gasteiger partial charge in [0.2, 0.25) is 0 Å². The van der Waals surface area contributed by atoms with E-state index >= 15 is 0 Å². The first-order valence-corrected chi connectivity index (χ1v) is 10.4. The summed E-state index contributed by atoms with van der Waals surface area (Å²) in [4.78, 5) is 22.4. The first kappa shape index (κ1) is 20.5. The number of nitrogens with zero attached hydrogens (tertiary/aromatic N) is 3. The number of rotatable bonds is 8. The molecule has 0 amide bonds. The molecule has 2 heterocycles. The van der Waals surface area contributed by atoms with E-state index in [1.807, 2.05) is 37.3 Å². The topological polar surface area (TPSA) is 79.4 Å². The van der Waals surface area contributed by atoms with Crippen molar-refractivity contribution in [1.29, 1.82) is 0 Å². The molecule has 1 aliphatic heterocycles. The highest BCUT2D eigenvalue weighted by Crippen LogP contribution is 2.21. The van der Waals surface area contributed by atoms with Gasteiger partial charge in [-0.15, -0.1) is 0 Å². The SMILES string of the molecule is CCOC(=O)CN1CCC(CNc2cc(Nc3cccc(Br)c3)ncn2)CC1. The van der Waals surface area contributed by atoms with Gasteiger partial charge in [-0.25, -0.2) is 9.97 Å². The minimum atomic E-state index is -0.134. The van der Waals surface area contributed by atoms with Gasteiger partial charge in [-0.1, -0.05) is 22.0 Å². The third-order valence-corrected chi connectivity index (χ3v) is 5.19. The van der Waals surface area contributed by atoms with Crippen LogP contribution < -0.4 is 10.6 Å². The Morgan fingerprint density at radius 1 is 1.25 bits per heavy atom. The standard InChI is InChI=1S/C20H26BrN5O2/c1-2-28-20(27)13-26-8-6-15(7-9-26)12-22-18-11-19(24-14-23-18)25-17-5-3-4-16(21)10-17/h3-5,10-11,14-15H,2,6-9,12-13H2,1H3,(H2,22,23,24,25). The first-order valence-electron chi connectivity index (χ1n) is 9.59. The molecule has 7 nitrogen and oxygen atoms in total. The molecule has 1 fully saturated rings. The van der Waals surface area contributed by atoms with Crippen LogP contribution in [0.15, 0.2) is 41.1 Å². The maximum absolute atomic E-state index is 11.6. The van der Waals surface area contributed by atoms with Crippen molar-refractivity contribution < 1.29 is 9.53 Å². The second-order valence-electron chi connectivity index (χ2n) is 6.83. The Morgan fingerprint density at radius 2 is 2.04 bits per heavy atom. The van der Waals surface area contributed by atoms with Gasteiger partial charge < -0.3 is 15.4 Å². The number of anilines is 3. The van der Waals surface area contributed by atoms with E-state index in [9.17, 15) is 4.79 Å². The number of piperidine rings is 1. The molecular formula is C20H26BrN5O2. The van der Waals surface area contributed by atoms with E-state index in [1.54, 1.807) is 6.33 Å². The number of esters is 1. The van der Waals surface area contributed by atoms with Crippen LogP contribution in [0.1, 0.15) is 19.8 Å². The lowest BCUT2D eigenvalue weighted by atomic mass is 9.97. The second kappa shape index (κ2) is 10.4. The lowest BCUT2D eigenvalue weighted by molar-refractivity contribution is -0.144.